The second-order valence-corrected chi connectivity index (χ2v) is 11.4. The van der Waals surface area contributed by atoms with Crippen LogP contribution in [-0.2, 0) is 22.4 Å². The number of nitrogens with one attached hydrogen (secondary N) is 2. The van der Waals surface area contributed by atoms with Gasteiger partial charge in [0, 0.05) is 37.6 Å². The number of carboxylic acid groups (broad SMARTS) is 1. The van der Waals surface area contributed by atoms with Crippen LogP contribution in [0.4, 0.5) is 11.5 Å². The summed E-state index contributed by atoms with van der Waals surface area (Å²) in [6, 6.07) is 11.9. The molecule has 3 N–H and O–H groups in total. The van der Waals surface area contributed by atoms with E-state index in [1.54, 1.807) is 0 Å². The van der Waals surface area contributed by atoms with E-state index in [9.17, 15) is 14.7 Å². The minimum Gasteiger partial charge on any atom is -0.481 e. The molecule has 0 bridgehead atoms. The van der Waals surface area contributed by atoms with Crippen molar-refractivity contribution in [3.63, 3.8) is 0 Å². The van der Waals surface area contributed by atoms with Crippen LogP contribution >= 0.6 is 12.4 Å². The number of aromatic nitrogens is 1. The lowest BCUT2D eigenvalue weighted by atomic mass is 9.95. The summed E-state index contributed by atoms with van der Waals surface area (Å²) in [6.07, 6.45) is 9.52. The quantitative estimate of drug-likeness (QED) is 0.377. The number of carboxylic acids is 1. The molecule has 0 aliphatic carbocycles. The first-order valence-corrected chi connectivity index (χ1v) is 14.9. The Morgan fingerprint density at radius 1 is 1.07 bits per heavy atom. The predicted molar refractivity (Wildman–Crippen MR) is 161 cm³/mol. The summed E-state index contributed by atoms with van der Waals surface area (Å²) < 4.78 is 0. The van der Waals surface area contributed by atoms with Gasteiger partial charge in [0.15, 0.2) is 0 Å². The van der Waals surface area contributed by atoms with E-state index in [1.807, 2.05) is 12.1 Å². The van der Waals surface area contributed by atoms with Gasteiger partial charge in [-0.2, -0.15) is 0 Å². The zero-order valence-electron chi connectivity index (χ0n) is 23.4. The fourth-order valence-electron chi connectivity index (χ4n) is 6.27. The number of fused-ring (bicyclic) bond motifs is 1. The van der Waals surface area contributed by atoms with Crippen molar-refractivity contribution in [2.24, 2.45) is 5.92 Å². The van der Waals surface area contributed by atoms with E-state index in [-0.39, 0.29) is 30.7 Å². The van der Waals surface area contributed by atoms with Crippen LogP contribution in [0.5, 0.6) is 0 Å². The van der Waals surface area contributed by atoms with Crippen molar-refractivity contribution in [1.82, 2.24) is 15.2 Å². The Kier molecular flexibility index (Phi) is 11.1. The van der Waals surface area contributed by atoms with Gasteiger partial charge in [0.2, 0.25) is 5.91 Å². The van der Waals surface area contributed by atoms with Gasteiger partial charge in [-0.25, -0.2) is 4.98 Å². The Labute approximate surface area is 244 Å². The van der Waals surface area contributed by atoms with Crippen LogP contribution in [0.25, 0.3) is 0 Å². The molecule has 3 aliphatic rings. The lowest BCUT2D eigenvalue weighted by molar-refractivity contribution is -0.138. The van der Waals surface area contributed by atoms with Gasteiger partial charge in [-0.1, -0.05) is 18.2 Å². The van der Waals surface area contributed by atoms with Gasteiger partial charge in [0.1, 0.15) is 5.82 Å². The summed E-state index contributed by atoms with van der Waals surface area (Å²) in [4.78, 5) is 34.6. The summed E-state index contributed by atoms with van der Waals surface area (Å²) >= 11 is 0. The first kappa shape index (κ1) is 30.1. The Bertz CT molecular complexity index is 1140. The summed E-state index contributed by atoms with van der Waals surface area (Å²) in [5, 5.41) is 16.1. The van der Waals surface area contributed by atoms with Gasteiger partial charge in [-0.15, -0.1) is 12.4 Å². The van der Waals surface area contributed by atoms with Gasteiger partial charge in [-0.05, 0) is 100 Å². The molecule has 0 spiro atoms. The smallest absolute Gasteiger partial charge is 0.305 e. The van der Waals surface area contributed by atoms with E-state index in [1.165, 1.54) is 31.2 Å². The van der Waals surface area contributed by atoms with E-state index >= 15 is 0 Å². The average molecular weight is 570 g/mol. The van der Waals surface area contributed by atoms with Gasteiger partial charge < -0.3 is 25.5 Å². The van der Waals surface area contributed by atoms with Crippen molar-refractivity contribution in [1.29, 1.82) is 0 Å². The van der Waals surface area contributed by atoms with Crippen molar-refractivity contribution in [2.45, 2.75) is 70.3 Å². The van der Waals surface area contributed by atoms with Crippen molar-refractivity contribution in [2.75, 3.05) is 49.5 Å². The number of amides is 1. The van der Waals surface area contributed by atoms with Gasteiger partial charge >= 0.3 is 5.97 Å². The number of benzene rings is 1. The molecular weight excluding hydrogens is 526 g/mol. The topological polar surface area (TPSA) is 97.8 Å². The van der Waals surface area contributed by atoms with Crippen LogP contribution < -0.4 is 15.5 Å². The monoisotopic (exact) mass is 569 g/mol. The number of aryl methyl sites for hydroxylation is 2. The second-order valence-electron chi connectivity index (χ2n) is 11.4. The number of hydrogen-bond donors (Lipinski definition) is 3. The highest BCUT2D eigenvalue weighted by atomic mass is 35.5. The zero-order valence-corrected chi connectivity index (χ0v) is 24.3. The number of nitrogens with zero attached hydrogens (tertiary/aromatic N) is 3. The third-order valence-corrected chi connectivity index (χ3v) is 8.42. The molecule has 8 nitrogen and oxygen atoms in total. The molecule has 5 rings (SSSR count). The minimum atomic E-state index is -0.903. The third kappa shape index (κ3) is 8.10. The van der Waals surface area contributed by atoms with Crippen LogP contribution in [0.2, 0.25) is 0 Å². The highest BCUT2D eigenvalue weighted by Crippen LogP contribution is 2.27. The molecule has 1 aromatic carbocycles. The number of hydrogen-bond acceptors (Lipinski definition) is 6. The van der Waals surface area contributed by atoms with Crippen LogP contribution in [0, 0.1) is 5.92 Å². The molecule has 2 atom stereocenters. The molecule has 0 radical (unpaired) electrons. The number of rotatable bonds is 10. The molecule has 9 heteroatoms. The number of carbonyl (C=O) groups is 2. The normalized spacial score (nSPS) is 20.0. The van der Waals surface area contributed by atoms with Crippen molar-refractivity contribution in [3.8, 4) is 0 Å². The molecule has 1 amide bonds. The van der Waals surface area contributed by atoms with Gasteiger partial charge in [0.05, 0.1) is 18.4 Å². The van der Waals surface area contributed by atoms with E-state index in [0.717, 1.165) is 94.1 Å². The molecule has 2 unspecified atom stereocenters. The molecule has 2 aromatic rings. The van der Waals surface area contributed by atoms with E-state index in [4.69, 9.17) is 4.98 Å². The SMILES string of the molecule is Cl.O=C(O)CC(NC(=O)C1CCCN(CCCc2ccc3c(n2)NCCC3)C1)c1cccc(N2CCCCC2)c1. The Balaban J connectivity index is 0.00000370. The number of piperidine rings is 2. The molecular formula is C31H44ClN5O3. The first-order chi connectivity index (χ1) is 19.0. The van der Waals surface area contributed by atoms with Crippen LogP contribution in [0.15, 0.2) is 36.4 Å². The van der Waals surface area contributed by atoms with Crippen LogP contribution in [0.1, 0.15) is 74.2 Å². The summed E-state index contributed by atoms with van der Waals surface area (Å²) in [7, 11) is 0. The number of pyridine rings is 1. The maximum atomic E-state index is 13.4. The summed E-state index contributed by atoms with van der Waals surface area (Å²) in [6.45, 7) is 5.70. The van der Waals surface area contributed by atoms with Crippen LogP contribution in [-0.4, -0.2) is 66.1 Å². The molecule has 4 heterocycles. The molecule has 3 aliphatic heterocycles. The first-order valence-electron chi connectivity index (χ1n) is 14.9. The Morgan fingerprint density at radius 3 is 2.75 bits per heavy atom. The molecule has 2 fully saturated rings. The molecule has 1 aromatic heterocycles. The second kappa shape index (κ2) is 14.7. The molecule has 218 valence electrons. The van der Waals surface area contributed by atoms with Gasteiger partial charge in [0.25, 0.3) is 0 Å². The number of aliphatic carboxylic acids is 1. The van der Waals surface area contributed by atoms with Gasteiger partial charge in [-0.3, -0.25) is 9.59 Å². The van der Waals surface area contributed by atoms with E-state index in [2.05, 4.69) is 44.7 Å². The largest absolute Gasteiger partial charge is 0.481 e. The Hall–Kier alpha value is -2.84. The van der Waals surface area contributed by atoms with Crippen molar-refractivity contribution >= 4 is 35.8 Å². The summed E-state index contributed by atoms with van der Waals surface area (Å²) in [5.41, 5.74) is 4.42. The number of carbonyl (C=O) groups excluding carboxylic acids is 1. The number of halogens is 1. The van der Waals surface area contributed by atoms with E-state index in [0.29, 0.717) is 0 Å². The maximum absolute atomic E-state index is 13.4. The summed E-state index contributed by atoms with van der Waals surface area (Å²) in [5.74, 6) is -0.00563. The highest BCUT2D eigenvalue weighted by molar-refractivity contribution is 5.85. The minimum absolute atomic E-state index is 0. The lowest BCUT2D eigenvalue weighted by Crippen LogP contribution is -2.44. The number of likely N-dealkylation sites (tertiary alicyclic amines) is 1. The molecule has 40 heavy (non-hydrogen) atoms. The van der Waals surface area contributed by atoms with Crippen molar-refractivity contribution in [3.05, 3.63) is 53.2 Å². The van der Waals surface area contributed by atoms with E-state index < -0.39 is 12.0 Å². The lowest BCUT2D eigenvalue weighted by Gasteiger charge is -2.33. The molecule has 2 saturated heterocycles. The molecule has 0 saturated carbocycles. The zero-order chi connectivity index (χ0) is 27.0. The van der Waals surface area contributed by atoms with Crippen molar-refractivity contribution < 1.29 is 14.7 Å². The number of anilines is 2. The van der Waals surface area contributed by atoms with Crippen LogP contribution in [0.3, 0.4) is 0 Å². The average Bonchev–Trinajstić information content (AvgIpc) is 2.97. The standard InChI is InChI=1S/C31H43N5O3.ClH/c37-29(38)21-28(24-8-4-12-27(20-24)36-18-2-1-3-19-36)34-31(39)25-10-6-16-35(22-25)17-7-11-26-14-13-23-9-5-15-32-30(23)33-26;/h4,8,12-14,20,25,28H,1-3,5-7,9-11,15-19,21-22H2,(H,32,33)(H,34,39)(H,37,38);1H. The fourth-order valence-corrected chi connectivity index (χ4v) is 6.27. The third-order valence-electron chi connectivity index (χ3n) is 8.42. The fraction of sp³-hybridized carbons (Fsp3) is 0.581. The predicted octanol–water partition coefficient (Wildman–Crippen LogP) is 4.83. The Morgan fingerprint density at radius 2 is 1.93 bits per heavy atom. The highest BCUT2D eigenvalue weighted by Gasteiger charge is 2.28. The maximum Gasteiger partial charge on any atom is 0.305 e.